The van der Waals surface area contributed by atoms with Crippen molar-refractivity contribution in [1.82, 2.24) is 15.1 Å². The molecule has 3 heteroatoms. The highest BCUT2D eigenvalue weighted by molar-refractivity contribution is 4.89. The topological polar surface area (TPSA) is 18.5 Å². The number of nitrogens with zero attached hydrogens (tertiary/aromatic N) is 2. The van der Waals surface area contributed by atoms with E-state index in [0.29, 0.717) is 0 Å². The Morgan fingerprint density at radius 3 is 2.55 bits per heavy atom. The van der Waals surface area contributed by atoms with Gasteiger partial charge in [0.25, 0.3) is 0 Å². The van der Waals surface area contributed by atoms with Crippen LogP contribution < -0.4 is 5.32 Å². The fourth-order valence-electron chi connectivity index (χ4n) is 3.46. The summed E-state index contributed by atoms with van der Waals surface area (Å²) in [7, 11) is 0. The second-order valence-electron chi connectivity index (χ2n) is 6.79. The van der Waals surface area contributed by atoms with Gasteiger partial charge in [-0.1, -0.05) is 13.8 Å². The largest absolute Gasteiger partial charge is 0.310 e. The highest BCUT2D eigenvalue weighted by Gasteiger charge is 2.28. The molecule has 2 aliphatic rings. The number of rotatable bonds is 9. The summed E-state index contributed by atoms with van der Waals surface area (Å²) < 4.78 is 0. The molecule has 0 radical (unpaired) electrons. The third-order valence-corrected chi connectivity index (χ3v) is 5.12. The van der Waals surface area contributed by atoms with Crippen LogP contribution in [0.5, 0.6) is 0 Å². The Morgan fingerprint density at radius 2 is 1.90 bits per heavy atom. The zero-order chi connectivity index (χ0) is 14.4. The van der Waals surface area contributed by atoms with Crippen molar-refractivity contribution in [3.63, 3.8) is 0 Å². The van der Waals surface area contributed by atoms with E-state index in [4.69, 9.17) is 0 Å². The first-order valence-corrected chi connectivity index (χ1v) is 8.95. The minimum absolute atomic E-state index is 0.759. The number of hydrogen-bond acceptors (Lipinski definition) is 3. The van der Waals surface area contributed by atoms with E-state index >= 15 is 0 Å². The van der Waals surface area contributed by atoms with Crippen molar-refractivity contribution in [2.45, 2.75) is 77.4 Å². The molecule has 1 aliphatic heterocycles. The van der Waals surface area contributed by atoms with E-state index in [0.717, 1.165) is 18.1 Å². The van der Waals surface area contributed by atoms with Crippen molar-refractivity contribution in [2.75, 3.05) is 32.7 Å². The van der Waals surface area contributed by atoms with Crippen LogP contribution in [0.25, 0.3) is 0 Å². The molecule has 0 spiro atoms. The molecule has 1 heterocycles. The number of piperidine rings is 1. The Morgan fingerprint density at radius 1 is 1.15 bits per heavy atom. The first kappa shape index (κ1) is 16.3. The van der Waals surface area contributed by atoms with Crippen LogP contribution in [0.15, 0.2) is 0 Å². The highest BCUT2D eigenvalue weighted by Crippen LogP contribution is 2.23. The van der Waals surface area contributed by atoms with Crippen LogP contribution in [0, 0.1) is 0 Å². The van der Waals surface area contributed by atoms with E-state index in [-0.39, 0.29) is 0 Å². The molecule has 3 nitrogen and oxygen atoms in total. The molecule has 1 saturated heterocycles. The third-order valence-electron chi connectivity index (χ3n) is 5.12. The molecular weight excluding hydrogens is 246 g/mol. The van der Waals surface area contributed by atoms with Gasteiger partial charge in [-0.3, -0.25) is 4.90 Å². The molecule has 1 N–H and O–H groups in total. The molecule has 2 fully saturated rings. The molecule has 0 amide bonds. The van der Waals surface area contributed by atoms with Gasteiger partial charge < -0.3 is 10.2 Å². The lowest BCUT2D eigenvalue weighted by atomic mass is 10.0. The molecule has 0 aromatic rings. The number of nitrogens with one attached hydrogen (secondary N) is 1. The molecule has 20 heavy (non-hydrogen) atoms. The molecular formula is C17H35N3. The second kappa shape index (κ2) is 8.35. The summed E-state index contributed by atoms with van der Waals surface area (Å²) in [6.45, 7) is 13.2. The first-order chi connectivity index (χ1) is 9.72. The first-order valence-electron chi connectivity index (χ1n) is 8.95. The maximum atomic E-state index is 3.82. The highest BCUT2D eigenvalue weighted by atomic mass is 15.2. The van der Waals surface area contributed by atoms with Crippen molar-refractivity contribution in [3.8, 4) is 0 Å². The predicted octanol–water partition coefficient (Wildman–Crippen LogP) is 2.71. The number of hydrogen-bond donors (Lipinski definition) is 1. The van der Waals surface area contributed by atoms with E-state index in [1.54, 1.807) is 0 Å². The summed E-state index contributed by atoms with van der Waals surface area (Å²) >= 11 is 0. The summed E-state index contributed by atoms with van der Waals surface area (Å²) in [5.74, 6) is 0. The predicted molar refractivity (Wildman–Crippen MR) is 87.2 cm³/mol. The quantitative estimate of drug-likeness (QED) is 0.701. The van der Waals surface area contributed by atoms with Crippen LogP contribution in [0.3, 0.4) is 0 Å². The fraction of sp³-hybridized carbons (Fsp3) is 1.00. The lowest BCUT2D eigenvalue weighted by molar-refractivity contribution is 0.134. The van der Waals surface area contributed by atoms with Gasteiger partial charge in [0, 0.05) is 24.7 Å². The number of likely N-dealkylation sites (tertiary alicyclic amines) is 1. The van der Waals surface area contributed by atoms with Gasteiger partial charge in [0.2, 0.25) is 0 Å². The average Bonchev–Trinajstić information content (AvgIpc) is 3.27. The Kier molecular flexibility index (Phi) is 6.79. The lowest BCUT2D eigenvalue weighted by Crippen LogP contribution is -2.49. The summed E-state index contributed by atoms with van der Waals surface area (Å²) in [5.41, 5.74) is 0. The van der Waals surface area contributed by atoms with Gasteiger partial charge in [0.1, 0.15) is 0 Å². The van der Waals surface area contributed by atoms with E-state index in [1.165, 1.54) is 71.2 Å². The van der Waals surface area contributed by atoms with Crippen molar-refractivity contribution < 1.29 is 0 Å². The Bertz CT molecular complexity index is 261. The van der Waals surface area contributed by atoms with E-state index in [2.05, 4.69) is 35.9 Å². The minimum Gasteiger partial charge on any atom is -0.310 e. The van der Waals surface area contributed by atoms with Crippen molar-refractivity contribution >= 4 is 0 Å². The normalized spacial score (nSPS) is 26.1. The van der Waals surface area contributed by atoms with Crippen LogP contribution in [-0.2, 0) is 0 Å². The molecule has 1 saturated carbocycles. The summed E-state index contributed by atoms with van der Waals surface area (Å²) in [6.07, 6.45) is 8.29. The Balaban J connectivity index is 1.64. The SMILES string of the molecule is CCN(CC)CCCC(C)N1CCCC(NC2CC2)C1. The van der Waals surface area contributed by atoms with E-state index in [9.17, 15) is 0 Å². The standard InChI is InChI=1S/C17H35N3/c1-4-19(5-2)12-6-8-15(3)20-13-7-9-17(14-20)18-16-10-11-16/h15-18H,4-14H2,1-3H3. The van der Waals surface area contributed by atoms with E-state index < -0.39 is 0 Å². The van der Waals surface area contributed by atoms with Gasteiger partial charge >= 0.3 is 0 Å². The average molecular weight is 281 g/mol. The monoisotopic (exact) mass is 281 g/mol. The molecule has 2 rings (SSSR count). The maximum Gasteiger partial charge on any atom is 0.0198 e. The minimum atomic E-state index is 0.759. The zero-order valence-electron chi connectivity index (χ0n) is 13.9. The van der Waals surface area contributed by atoms with Gasteiger partial charge in [-0.15, -0.1) is 0 Å². The zero-order valence-corrected chi connectivity index (χ0v) is 13.9. The van der Waals surface area contributed by atoms with Crippen LogP contribution in [0.2, 0.25) is 0 Å². The smallest absolute Gasteiger partial charge is 0.0198 e. The van der Waals surface area contributed by atoms with E-state index in [1.807, 2.05) is 0 Å². The van der Waals surface area contributed by atoms with Crippen LogP contribution in [-0.4, -0.2) is 60.6 Å². The molecule has 118 valence electrons. The van der Waals surface area contributed by atoms with Gasteiger partial charge in [0.05, 0.1) is 0 Å². The Labute approximate surface area is 126 Å². The van der Waals surface area contributed by atoms with Crippen molar-refractivity contribution in [2.24, 2.45) is 0 Å². The second-order valence-corrected chi connectivity index (χ2v) is 6.79. The van der Waals surface area contributed by atoms with Gasteiger partial charge in [-0.2, -0.15) is 0 Å². The van der Waals surface area contributed by atoms with Gasteiger partial charge in [0.15, 0.2) is 0 Å². The maximum absolute atomic E-state index is 3.82. The molecule has 0 aromatic heterocycles. The van der Waals surface area contributed by atoms with Crippen LogP contribution in [0.4, 0.5) is 0 Å². The summed E-state index contributed by atoms with van der Waals surface area (Å²) in [6, 6.07) is 2.38. The van der Waals surface area contributed by atoms with Crippen LogP contribution in [0.1, 0.15) is 59.3 Å². The molecule has 2 atom stereocenters. The molecule has 1 aliphatic carbocycles. The molecule has 0 bridgehead atoms. The third kappa shape index (κ3) is 5.34. The van der Waals surface area contributed by atoms with Gasteiger partial charge in [-0.05, 0) is 71.6 Å². The van der Waals surface area contributed by atoms with Crippen molar-refractivity contribution in [1.29, 1.82) is 0 Å². The Hall–Kier alpha value is -0.120. The summed E-state index contributed by atoms with van der Waals surface area (Å²) in [5, 5.41) is 3.82. The van der Waals surface area contributed by atoms with Gasteiger partial charge in [-0.25, -0.2) is 0 Å². The fourth-order valence-corrected chi connectivity index (χ4v) is 3.46. The van der Waals surface area contributed by atoms with Crippen LogP contribution >= 0.6 is 0 Å². The van der Waals surface area contributed by atoms with Crippen molar-refractivity contribution in [3.05, 3.63) is 0 Å². The molecule has 2 unspecified atom stereocenters. The molecule has 0 aromatic carbocycles. The summed E-state index contributed by atoms with van der Waals surface area (Å²) in [4.78, 5) is 5.27. The lowest BCUT2D eigenvalue weighted by Gasteiger charge is -2.37.